The molecule has 4 aromatic heterocycles. The molecule has 9 atom stereocenters. The average molecular weight is 1000 g/mol. The first-order valence-electron chi connectivity index (χ1n) is 23.6. The third kappa shape index (κ3) is 14.6. The number of aliphatic hydroxyl groups excluding tert-OH is 10. The lowest BCUT2D eigenvalue weighted by Gasteiger charge is -2.33. The molecule has 1 fully saturated rings. The summed E-state index contributed by atoms with van der Waals surface area (Å²) in [7, 11) is 2.77. The molecule has 13 N–H and O–H groups in total. The number of imidazole rings is 1. The van der Waals surface area contributed by atoms with Gasteiger partial charge in [0.15, 0.2) is 11.2 Å². The van der Waals surface area contributed by atoms with Gasteiger partial charge in [-0.1, -0.05) is 30.4 Å². The topological polar surface area (TPSA) is 379 Å². The fourth-order valence-corrected chi connectivity index (χ4v) is 8.38. The molecule has 5 rings (SSSR count). The number of hydrogen-bond donors (Lipinski definition) is 12. The molecule has 0 spiro atoms. The average Bonchev–Trinajstić information content (AvgIpc) is 3.99. The normalized spacial score (nSPS) is 17.6. The van der Waals surface area contributed by atoms with Crippen molar-refractivity contribution in [3.8, 4) is 11.8 Å². The highest BCUT2D eigenvalue weighted by Crippen LogP contribution is 2.24. The number of methoxy groups -OCH3 is 1. The van der Waals surface area contributed by atoms with Crippen molar-refractivity contribution >= 4 is 28.9 Å². The van der Waals surface area contributed by atoms with Crippen LogP contribution in [0.3, 0.4) is 0 Å². The van der Waals surface area contributed by atoms with Gasteiger partial charge in [0.05, 0.1) is 62.6 Å². The van der Waals surface area contributed by atoms with Gasteiger partial charge >= 0.3 is 11.7 Å². The minimum Gasteiger partial charge on any atom is -0.465 e. The van der Waals surface area contributed by atoms with Crippen molar-refractivity contribution in [3.05, 3.63) is 56.1 Å². The molecule has 5 heterocycles. The van der Waals surface area contributed by atoms with E-state index in [2.05, 4.69) is 32.5 Å². The number of carbonyl (C=O) groups is 1. The van der Waals surface area contributed by atoms with Gasteiger partial charge in [0.2, 0.25) is 5.95 Å². The number of esters is 1. The number of carbonyl (C=O) groups excluding carboxylic acids is 1. The molecule has 0 bridgehead atoms. The Hall–Kier alpha value is -5.41. The lowest BCUT2D eigenvalue weighted by Crippen LogP contribution is -2.53. The number of ether oxygens (including phenoxy) is 1. The number of aryl methyl sites for hydroxylation is 2. The molecule has 0 aromatic carbocycles. The Balaban J connectivity index is 1.17. The van der Waals surface area contributed by atoms with Crippen LogP contribution >= 0.6 is 0 Å². The number of fused-ring (bicyclic) bond motifs is 1. The molecule has 1 aliphatic heterocycles. The first kappa shape index (κ1) is 56.5. The monoisotopic (exact) mass is 1000 g/mol. The molecular weight excluding hydrogens is 933 g/mol. The summed E-state index contributed by atoms with van der Waals surface area (Å²) in [6, 6.07) is 3.09. The van der Waals surface area contributed by atoms with Crippen molar-refractivity contribution in [2.24, 2.45) is 12.8 Å². The summed E-state index contributed by atoms with van der Waals surface area (Å²) in [6.07, 6.45) is -7.28. The predicted molar refractivity (Wildman–Crippen MR) is 256 cm³/mol. The molecule has 0 saturated carbocycles. The minimum absolute atomic E-state index is 0.0727. The summed E-state index contributed by atoms with van der Waals surface area (Å²) >= 11 is 0. The molecule has 1 saturated heterocycles. The van der Waals surface area contributed by atoms with Crippen molar-refractivity contribution in [2.75, 3.05) is 63.3 Å². The number of nitrogens with two attached hydrogens (primary N) is 1. The summed E-state index contributed by atoms with van der Waals surface area (Å²) in [5, 5.41) is 112. The van der Waals surface area contributed by atoms with Gasteiger partial charge in [-0.25, -0.2) is 14.6 Å². The van der Waals surface area contributed by atoms with Crippen LogP contribution in [0, 0.1) is 11.8 Å². The smallest absolute Gasteiger partial charge is 0.339 e. The van der Waals surface area contributed by atoms with Crippen LogP contribution in [-0.4, -0.2) is 209 Å². The minimum atomic E-state index is -1.92. The second kappa shape index (κ2) is 26.9. The van der Waals surface area contributed by atoms with Crippen molar-refractivity contribution < 1.29 is 60.6 Å². The molecule has 71 heavy (non-hydrogen) atoms. The summed E-state index contributed by atoms with van der Waals surface area (Å²) in [5.74, 6) is 6.13. The number of anilines is 2. The quantitative estimate of drug-likeness (QED) is 0.0145. The third-order valence-corrected chi connectivity index (χ3v) is 12.4. The van der Waals surface area contributed by atoms with E-state index in [-0.39, 0.29) is 48.1 Å². The molecule has 26 heteroatoms. The Morgan fingerprint density at radius 1 is 0.901 bits per heavy atom. The number of pyridine rings is 1. The number of nitrogens with zero attached hydrogens (tertiary/aromatic N) is 10. The highest BCUT2D eigenvalue weighted by Gasteiger charge is 2.35. The van der Waals surface area contributed by atoms with E-state index in [4.69, 9.17) is 25.7 Å². The Bertz CT molecular complexity index is 2490. The Morgan fingerprint density at radius 3 is 2.15 bits per heavy atom. The number of rotatable bonds is 28. The standard InChI is InChI=1S/C45H70N12O14/c1-4-5-18-56-36-41(49-44(56)54-16-11-12-27(46)19-54)52(2)45(70)57(42(36)68)22-30-29(43(69)71-3)13-14-35(48-30)47-15-9-7-6-8-10-17-55-21-28(50-51-55)20-53(23-31(60)37(64)39(66)33(62)25-58)24-32(61)38(65)40(67)34(63)26-59/h13-14,21,27,31-34,37-40,58-67H,6-12,15-20,22-26,46H2,1-3H3,(H,47,48)/t27-,31?,32?,33?,34?,37?,38?,39?,40?/m1/s1. The molecule has 0 aliphatic carbocycles. The predicted octanol–water partition coefficient (Wildman–Crippen LogP) is -4.59. The number of aromatic nitrogens is 8. The van der Waals surface area contributed by atoms with Gasteiger partial charge < -0.3 is 71.8 Å². The molecular formula is C45H70N12O14. The molecule has 1 aliphatic rings. The number of piperidine rings is 1. The zero-order valence-electron chi connectivity index (χ0n) is 40.3. The van der Waals surface area contributed by atoms with Gasteiger partial charge in [-0.3, -0.25) is 28.1 Å². The maximum Gasteiger partial charge on any atom is 0.339 e. The van der Waals surface area contributed by atoms with Crippen LogP contribution < -0.4 is 27.2 Å². The number of aliphatic hydroxyl groups is 10. The van der Waals surface area contributed by atoms with Crippen molar-refractivity contribution in [2.45, 2.75) is 133 Å². The zero-order valence-corrected chi connectivity index (χ0v) is 40.3. The summed E-state index contributed by atoms with van der Waals surface area (Å²) in [4.78, 5) is 53.7. The zero-order chi connectivity index (χ0) is 51.9. The van der Waals surface area contributed by atoms with Crippen LogP contribution in [-0.2, 0) is 38.0 Å². The fourth-order valence-electron chi connectivity index (χ4n) is 8.38. The molecule has 0 radical (unpaired) electrons. The first-order chi connectivity index (χ1) is 33.9. The van der Waals surface area contributed by atoms with Crippen LogP contribution in [0.15, 0.2) is 27.9 Å². The van der Waals surface area contributed by atoms with E-state index < -0.39 is 92.4 Å². The van der Waals surface area contributed by atoms with Crippen molar-refractivity contribution in [1.29, 1.82) is 0 Å². The summed E-state index contributed by atoms with van der Waals surface area (Å²) in [6.45, 7) is 0.973. The molecule has 0 amide bonds. The van der Waals surface area contributed by atoms with E-state index in [0.29, 0.717) is 43.6 Å². The second-order valence-corrected chi connectivity index (χ2v) is 17.8. The van der Waals surface area contributed by atoms with Crippen LogP contribution in [0.1, 0.15) is 73.6 Å². The van der Waals surface area contributed by atoms with E-state index >= 15 is 0 Å². The largest absolute Gasteiger partial charge is 0.465 e. The van der Waals surface area contributed by atoms with Crippen LogP contribution in [0.5, 0.6) is 0 Å². The SMILES string of the molecule is CC#CCn1c(N2CCC[C@@H](N)C2)nc2c1c(=O)n(Cc1nc(NCCCCCCCn3cc(CN(CC(O)C(O)C(O)C(O)CO)CC(O)C(O)C(O)C(O)CO)nn3)ccc1C(=O)OC)c(=O)n2C. The first-order valence-corrected chi connectivity index (χ1v) is 23.6. The lowest BCUT2D eigenvalue weighted by molar-refractivity contribution is -0.131. The van der Waals surface area contributed by atoms with E-state index in [9.17, 15) is 55.2 Å². The number of nitrogens with one attached hydrogen (secondary N) is 1. The Kier molecular flexibility index (Phi) is 21.4. The third-order valence-electron chi connectivity index (χ3n) is 12.4. The van der Waals surface area contributed by atoms with Crippen LogP contribution in [0.4, 0.5) is 11.8 Å². The lowest BCUT2D eigenvalue weighted by atomic mass is 10.0. The van der Waals surface area contributed by atoms with Gasteiger partial charge in [-0.05, 0) is 44.7 Å². The van der Waals surface area contributed by atoms with Crippen molar-refractivity contribution in [1.82, 2.24) is 43.6 Å². The number of hydrogen-bond acceptors (Lipinski definition) is 22. The number of unbranched alkanes of at least 4 members (excludes halogenated alkanes) is 4. The molecule has 26 nitrogen and oxygen atoms in total. The Labute approximate surface area is 409 Å². The maximum absolute atomic E-state index is 14.3. The van der Waals surface area contributed by atoms with E-state index in [0.717, 1.165) is 49.5 Å². The molecule has 394 valence electrons. The molecule has 8 unspecified atom stereocenters. The van der Waals surface area contributed by atoms with E-state index in [1.807, 2.05) is 4.90 Å². The fraction of sp³-hybridized carbons (Fsp3) is 0.667. The highest BCUT2D eigenvalue weighted by molar-refractivity contribution is 5.90. The summed E-state index contributed by atoms with van der Waals surface area (Å²) < 4.78 is 10.7. The highest BCUT2D eigenvalue weighted by atomic mass is 16.5. The van der Waals surface area contributed by atoms with Gasteiger partial charge in [0, 0.05) is 65.1 Å². The maximum atomic E-state index is 14.3. The van der Waals surface area contributed by atoms with Crippen LogP contribution in [0.25, 0.3) is 11.2 Å². The van der Waals surface area contributed by atoms with Gasteiger partial charge in [0.1, 0.15) is 42.4 Å². The second-order valence-electron chi connectivity index (χ2n) is 17.8. The molecule has 4 aromatic rings. The van der Waals surface area contributed by atoms with Gasteiger partial charge in [0.25, 0.3) is 5.56 Å². The van der Waals surface area contributed by atoms with E-state index in [1.54, 1.807) is 28.4 Å². The van der Waals surface area contributed by atoms with Crippen LogP contribution in [0.2, 0.25) is 0 Å². The van der Waals surface area contributed by atoms with Gasteiger partial charge in [-0.15, -0.1) is 11.0 Å². The van der Waals surface area contributed by atoms with Gasteiger partial charge in [-0.2, -0.15) is 4.98 Å². The Morgan fingerprint density at radius 2 is 1.54 bits per heavy atom. The summed E-state index contributed by atoms with van der Waals surface area (Å²) in [5.41, 5.74) is 6.03. The van der Waals surface area contributed by atoms with E-state index in [1.165, 1.54) is 29.7 Å². The van der Waals surface area contributed by atoms with Crippen molar-refractivity contribution in [3.63, 3.8) is 0 Å².